The van der Waals surface area contributed by atoms with Crippen LogP contribution in [0.3, 0.4) is 0 Å². The highest BCUT2D eigenvalue weighted by Crippen LogP contribution is 2.42. The normalized spacial score (nSPS) is 18.1. The maximum Gasteiger partial charge on any atom is 0.318 e. The summed E-state index contributed by atoms with van der Waals surface area (Å²) >= 11 is 9.92. The molecule has 0 bridgehead atoms. The number of carbonyl (C=O) groups is 3. The van der Waals surface area contributed by atoms with Crippen LogP contribution < -0.4 is 10.6 Å². The molecule has 3 amide bonds. The Kier molecular flexibility index (Phi) is 11.9. The highest BCUT2D eigenvalue weighted by Gasteiger charge is 2.40. The summed E-state index contributed by atoms with van der Waals surface area (Å²) in [6.07, 6.45) is 0.824. The summed E-state index contributed by atoms with van der Waals surface area (Å²) in [7, 11) is 1.00. The lowest BCUT2D eigenvalue weighted by Crippen LogP contribution is -2.59. The minimum absolute atomic E-state index is 0.0956. The second-order valence-electron chi connectivity index (χ2n) is 10.1. The van der Waals surface area contributed by atoms with Gasteiger partial charge in [0.2, 0.25) is 5.91 Å². The van der Waals surface area contributed by atoms with E-state index in [9.17, 15) is 14.4 Å². The van der Waals surface area contributed by atoms with Gasteiger partial charge in [0.05, 0.1) is 5.75 Å². The molecule has 0 aliphatic carbocycles. The third-order valence-electron chi connectivity index (χ3n) is 5.95. The first kappa shape index (κ1) is 31.1. The number of rotatable bonds is 7. The van der Waals surface area contributed by atoms with Gasteiger partial charge in [0.1, 0.15) is 6.04 Å². The van der Waals surface area contributed by atoms with Gasteiger partial charge in [-0.25, -0.2) is 4.79 Å². The van der Waals surface area contributed by atoms with Crippen molar-refractivity contribution >= 4 is 42.1 Å². The summed E-state index contributed by atoms with van der Waals surface area (Å²) in [4.78, 5) is 39.4. The third kappa shape index (κ3) is 9.20. The Bertz CT molecular complexity index is 861. The first-order valence-electron chi connectivity index (χ1n) is 11.7. The second-order valence-corrected chi connectivity index (χ2v) is 10.9. The van der Waals surface area contributed by atoms with Gasteiger partial charge in [-0.05, 0) is 55.2 Å². The number of amides is 3. The summed E-state index contributed by atoms with van der Waals surface area (Å²) in [5, 5.41) is 13.1. The number of aliphatic hydroxyl groups is 1. The largest absolute Gasteiger partial charge is 0.439 e. The van der Waals surface area contributed by atoms with E-state index in [2.05, 4.69) is 49.2 Å². The number of benzene rings is 1. The zero-order valence-electron chi connectivity index (χ0n) is 21.7. The predicted molar refractivity (Wildman–Crippen MR) is 142 cm³/mol. The van der Waals surface area contributed by atoms with Crippen molar-refractivity contribution in [2.24, 2.45) is 11.3 Å². The van der Waals surface area contributed by atoms with E-state index in [-0.39, 0.29) is 23.0 Å². The molecule has 0 radical (unpaired) electrons. The molecule has 0 aromatic heterocycles. The monoisotopic (exact) mass is 529 g/mol. The van der Waals surface area contributed by atoms with Gasteiger partial charge in [-0.3, -0.25) is 9.59 Å². The summed E-state index contributed by atoms with van der Waals surface area (Å²) in [5.41, 5.74) is -0.158. The van der Waals surface area contributed by atoms with Gasteiger partial charge in [-0.15, -0.1) is 0 Å². The summed E-state index contributed by atoms with van der Waals surface area (Å²) < 4.78 is 5.17. The van der Waals surface area contributed by atoms with Crippen molar-refractivity contribution in [3.05, 3.63) is 34.9 Å². The van der Waals surface area contributed by atoms with Crippen molar-refractivity contribution in [1.29, 1.82) is 0 Å². The van der Waals surface area contributed by atoms with Crippen molar-refractivity contribution in [3.63, 3.8) is 0 Å². The molecule has 1 aliphatic rings. The highest BCUT2D eigenvalue weighted by molar-refractivity contribution is 7.81. The van der Waals surface area contributed by atoms with Gasteiger partial charge >= 0.3 is 12.0 Å². The maximum absolute atomic E-state index is 13.4. The molecule has 3 N–H and O–H groups in total. The van der Waals surface area contributed by atoms with E-state index in [1.165, 1.54) is 5.56 Å². The maximum atomic E-state index is 13.4. The Balaban J connectivity index is 0.00000298. The van der Waals surface area contributed by atoms with Gasteiger partial charge in [0.15, 0.2) is 5.72 Å². The summed E-state index contributed by atoms with van der Waals surface area (Å²) in [5.74, 6) is -0.584. The molecular formula is C25H40ClN3O5S. The molecular weight excluding hydrogens is 490 g/mol. The number of hydrogen-bond donors (Lipinski definition) is 4. The quantitative estimate of drug-likeness (QED) is 0.244. The van der Waals surface area contributed by atoms with Crippen molar-refractivity contribution in [1.82, 2.24) is 15.5 Å². The number of nitrogens with one attached hydrogen (secondary N) is 2. The van der Waals surface area contributed by atoms with Gasteiger partial charge in [-0.1, -0.05) is 51.4 Å². The molecule has 35 heavy (non-hydrogen) atoms. The average molecular weight is 530 g/mol. The molecule has 2 unspecified atom stereocenters. The lowest BCUT2D eigenvalue weighted by Gasteiger charge is -2.45. The first-order valence-corrected chi connectivity index (χ1v) is 12.7. The number of hydrogen-bond acceptors (Lipinski definition) is 6. The third-order valence-corrected chi connectivity index (χ3v) is 6.46. The number of halogens is 1. The van der Waals surface area contributed by atoms with Crippen LogP contribution >= 0.6 is 24.2 Å². The fourth-order valence-corrected chi connectivity index (χ4v) is 4.55. The predicted octanol–water partition coefficient (Wildman–Crippen LogP) is 3.82. The van der Waals surface area contributed by atoms with E-state index in [0.29, 0.717) is 24.0 Å². The topological polar surface area (TPSA) is 108 Å². The van der Waals surface area contributed by atoms with E-state index in [1.54, 1.807) is 13.8 Å². The van der Waals surface area contributed by atoms with E-state index in [0.717, 1.165) is 13.5 Å². The van der Waals surface area contributed by atoms with Crippen LogP contribution in [-0.2, 0) is 14.3 Å². The number of esters is 1. The number of piperidine rings is 1. The van der Waals surface area contributed by atoms with Crippen LogP contribution in [0.2, 0.25) is 5.02 Å². The minimum atomic E-state index is -1.23. The van der Waals surface area contributed by atoms with Crippen LogP contribution in [0.4, 0.5) is 4.79 Å². The molecule has 10 heteroatoms. The van der Waals surface area contributed by atoms with Crippen LogP contribution in [0.25, 0.3) is 0 Å². The van der Waals surface area contributed by atoms with E-state index < -0.39 is 23.8 Å². The summed E-state index contributed by atoms with van der Waals surface area (Å²) in [6.45, 7) is 12.4. The lowest BCUT2D eigenvalue weighted by atomic mass is 9.70. The molecule has 198 valence electrons. The standard InChI is InChI=1S/C24H36ClN3O4S.CH4O/c1-15(2)20(26-22(31)27-24(5,6)32-19(29)13-33)21(30)28-12-11-18(23(3,4)14-28)16-7-9-17(25)10-8-16;1-2/h7-10,15,18,20,33H,11-14H2,1-6H3,(H2,26,27,31);2H,1H3. The zero-order valence-corrected chi connectivity index (χ0v) is 23.4. The number of thiol groups is 1. The van der Waals surface area contributed by atoms with Gasteiger partial charge in [0, 0.05) is 25.2 Å². The molecule has 2 atom stereocenters. The minimum Gasteiger partial charge on any atom is -0.439 e. The Morgan fingerprint density at radius 3 is 2.29 bits per heavy atom. The molecule has 1 aliphatic heterocycles. The van der Waals surface area contributed by atoms with Crippen molar-refractivity contribution in [2.45, 2.75) is 65.6 Å². The van der Waals surface area contributed by atoms with Gasteiger partial charge < -0.3 is 25.4 Å². The van der Waals surface area contributed by atoms with Crippen molar-refractivity contribution in [3.8, 4) is 0 Å². The molecule has 8 nitrogen and oxygen atoms in total. The number of likely N-dealkylation sites (tertiary alicyclic amines) is 1. The van der Waals surface area contributed by atoms with Crippen molar-refractivity contribution in [2.75, 3.05) is 26.0 Å². The van der Waals surface area contributed by atoms with Gasteiger partial charge in [-0.2, -0.15) is 12.6 Å². The number of aliphatic hydroxyl groups excluding tert-OH is 1. The second kappa shape index (κ2) is 13.4. The molecule has 1 saturated heterocycles. The van der Waals surface area contributed by atoms with E-state index >= 15 is 0 Å². The van der Waals surface area contributed by atoms with Crippen LogP contribution in [0.1, 0.15) is 59.4 Å². The molecule has 1 heterocycles. The fourth-order valence-electron chi connectivity index (χ4n) is 4.36. The van der Waals surface area contributed by atoms with Crippen LogP contribution in [-0.4, -0.2) is 65.6 Å². The van der Waals surface area contributed by atoms with Crippen LogP contribution in [0, 0.1) is 11.3 Å². The molecule has 2 rings (SSSR count). The Morgan fingerprint density at radius 2 is 1.80 bits per heavy atom. The van der Waals surface area contributed by atoms with Crippen LogP contribution in [0.5, 0.6) is 0 Å². The number of nitrogens with zero attached hydrogens (tertiary/aromatic N) is 1. The Labute approximate surface area is 219 Å². The van der Waals surface area contributed by atoms with Gasteiger partial charge in [0.25, 0.3) is 0 Å². The Hall–Kier alpha value is -1.97. The van der Waals surface area contributed by atoms with E-state index in [1.807, 2.05) is 30.9 Å². The highest BCUT2D eigenvalue weighted by atomic mass is 35.5. The Morgan fingerprint density at radius 1 is 1.23 bits per heavy atom. The fraction of sp³-hybridized carbons (Fsp3) is 0.640. The average Bonchev–Trinajstić information content (AvgIpc) is 2.77. The smallest absolute Gasteiger partial charge is 0.318 e. The lowest BCUT2D eigenvalue weighted by molar-refractivity contribution is -0.154. The van der Waals surface area contributed by atoms with Crippen molar-refractivity contribution < 1.29 is 24.2 Å². The molecule has 1 fully saturated rings. The molecule has 0 spiro atoms. The SMILES string of the molecule is CC(C)C(NC(=O)NC(C)(C)OC(=O)CS)C(=O)N1CCC(c2ccc(Cl)cc2)C(C)(C)C1.CO. The number of urea groups is 1. The molecule has 1 aromatic carbocycles. The zero-order chi connectivity index (χ0) is 27.0. The first-order chi connectivity index (χ1) is 16.3. The number of carbonyl (C=O) groups excluding carboxylic acids is 3. The number of ether oxygens (including phenoxy) is 1. The molecule has 1 aromatic rings. The van der Waals surface area contributed by atoms with Crippen LogP contribution in [0.15, 0.2) is 24.3 Å². The van der Waals surface area contributed by atoms with E-state index in [4.69, 9.17) is 21.4 Å². The summed E-state index contributed by atoms with van der Waals surface area (Å²) in [6, 6.07) is 6.63. The molecule has 0 saturated carbocycles.